The van der Waals surface area contributed by atoms with Gasteiger partial charge in [0.05, 0.1) is 11.0 Å². The number of para-hydroxylation sites is 2. The summed E-state index contributed by atoms with van der Waals surface area (Å²) in [6.45, 7) is 4.70. The van der Waals surface area contributed by atoms with E-state index in [-0.39, 0.29) is 5.41 Å². The van der Waals surface area contributed by atoms with Crippen molar-refractivity contribution in [1.82, 2.24) is 4.57 Å². The molecule has 1 aromatic heterocycles. The smallest absolute Gasteiger partial charge is 0.0541 e. The average Bonchev–Trinajstić information content (AvgIpc) is 3.67. The van der Waals surface area contributed by atoms with Crippen LogP contribution in [0.4, 0.5) is 17.1 Å². The largest absolute Gasteiger partial charge is 0.310 e. The normalized spacial score (nSPS) is 14.3. The molecule has 0 N–H and O–H groups in total. The topological polar surface area (TPSA) is 20.5 Å². The van der Waals surface area contributed by atoms with Gasteiger partial charge >= 0.3 is 0 Å². The quantitative estimate of drug-likeness (QED) is 0.171. The molecule has 0 fully saturated rings. The summed E-state index contributed by atoms with van der Waals surface area (Å²) in [5.74, 6) is 0. The first-order valence-electron chi connectivity index (χ1n) is 18.6. The molecule has 10 rings (SSSR count). The van der Waals surface area contributed by atoms with Gasteiger partial charge in [-0.3, -0.25) is 4.99 Å². The van der Waals surface area contributed by atoms with Crippen LogP contribution in [0.25, 0.3) is 55.3 Å². The van der Waals surface area contributed by atoms with E-state index in [0.29, 0.717) is 0 Å². The van der Waals surface area contributed by atoms with Crippen molar-refractivity contribution >= 4 is 50.7 Å². The number of nitrogens with zero attached hydrogens (tertiary/aromatic N) is 3. The molecule has 0 amide bonds. The second kappa shape index (κ2) is 12.4. The Morgan fingerprint density at radius 3 is 1.94 bits per heavy atom. The summed E-state index contributed by atoms with van der Waals surface area (Å²) in [5, 5.41) is 2.52. The second-order valence-corrected chi connectivity index (χ2v) is 14.8. The van der Waals surface area contributed by atoms with Gasteiger partial charge in [-0.25, -0.2) is 0 Å². The molecule has 0 bridgehead atoms. The molecule has 0 saturated heterocycles. The number of hydrogen-bond acceptors (Lipinski definition) is 2. The Morgan fingerprint density at radius 1 is 0.528 bits per heavy atom. The molecule has 8 aromatic rings. The number of hydrogen-bond donors (Lipinski definition) is 0. The van der Waals surface area contributed by atoms with Crippen molar-refractivity contribution < 1.29 is 0 Å². The van der Waals surface area contributed by atoms with Gasteiger partial charge in [-0.05, 0) is 124 Å². The number of benzene rings is 7. The van der Waals surface area contributed by atoms with Crippen LogP contribution in [0.1, 0.15) is 43.4 Å². The van der Waals surface area contributed by atoms with Crippen molar-refractivity contribution in [1.29, 1.82) is 0 Å². The molecule has 53 heavy (non-hydrogen) atoms. The monoisotopic (exact) mass is 681 g/mol. The zero-order valence-electron chi connectivity index (χ0n) is 30.0. The fraction of sp³-hybridized carbons (Fsp3) is 0.100. The summed E-state index contributed by atoms with van der Waals surface area (Å²) < 4.78 is 2.37. The van der Waals surface area contributed by atoms with E-state index >= 15 is 0 Å². The lowest BCUT2D eigenvalue weighted by molar-refractivity contribution is 0.660. The van der Waals surface area contributed by atoms with Crippen LogP contribution in [0.2, 0.25) is 0 Å². The third kappa shape index (κ3) is 5.15. The van der Waals surface area contributed by atoms with Crippen LogP contribution in [-0.2, 0) is 5.41 Å². The third-order valence-corrected chi connectivity index (χ3v) is 11.3. The van der Waals surface area contributed by atoms with E-state index < -0.39 is 0 Å². The highest BCUT2D eigenvalue weighted by Gasteiger charge is 2.35. The predicted molar refractivity (Wildman–Crippen MR) is 224 cm³/mol. The van der Waals surface area contributed by atoms with Crippen LogP contribution in [0.5, 0.6) is 0 Å². The summed E-state index contributed by atoms with van der Waals surface area (Å²) >= 11 is 0. The molecule has 3 heteroatoms. The van der Waals surface area contributed by atoms with E-state index in [1.165, 1.54) is 72.0 Å². The Balaban J connectivity index is 1.06. The SMILES string of the molecule is CC1(C)c2ccccc2-c2ccc(N(c3ccc(C4=CN=CCC4)cc3)c3ccc(-c4ccc5c(c4)c4ccccc4n5-c4ccccc4)cc3)cc21. The van der Waals surface area contributed by atoms with E-state index in [0.717, 1.165) is 29.9 Å². The minimum atomic E-state index is -0.0857. The molecule has 2 heterocycles. The van der Waals surface area contributed by atoms with Gasteiger partial charge in [-0.2, -0.15) is 0 Å². The van der Waals surface area contributed by atoms with Crippen molar-refractivity contribution in [2.45, 2.75) is 32.1 Å². The first kappa shape index (κ1) is 31.3. The molecule has 0 spiro atoms. The lowest BCUT2D eigenvalue weighted by Gasteiger charge is -2.28. The van der Waals surface area contributed by atoms with Crippen molar-refractivity contribution in [2.24, 2.45) is 4.99 Å². The second-order valence-electron chi connectivity index (χ2n) is 14.8. The van der Waals surface area contributed by atoms with Crippen molar-refractivity contribution in [3.63, 3.8) is 0 Å². The van der Waals surface area contributed by atoms with E-state index in [9.17, 15) is 0 Å². The molecule has 0 saturated carbocycles. The molecule has 0 atom stereocenters. The summed E-state index contributed by atoms with van der Waals surface area (Å²) in [5.41, 5.74) is 17.3. The highest BCUT2D eigenvalue weighted by Crippen LogP contribution is 2.50. The first-order valence-corrected chi connectivity index (χ1v) is 18.6. The van der Waals surface area contributed by atoms with Gasteiger partial charge in [0.1, 0.15) is 0 Å². The Hall–Kier alpha value is -6.45. The number of aromatic nitrogens is 1. The molecular formula is C50H39N3. The van der Waals surface area contributed by atoms with Gasteiger partial charge < -0.3 is 9.47 Å². The minimum Gasteiger partial charge on any atom is -0.310 e. The number of fused-ring (bicyclic) bond motifs is 6. The van der Waals surface area contributed by atoms with Crippen LogP contribution < -0.4 is 4.90 Å². The summed E-state index contributed by atoms with van der Waals surface area (Å²) in [4.78, 5) is 6.83. The zero-order valence-corrected chi connectivity index (χ0v) is 30.0. The highest BCUT2D eigenvalue weighted by atomic mass is 15.1. The van der Waals surface area contributed by atoms with Gasteiger partial charge in [-0.15, -0.1) is 0 Å². The Kier molecular flexibility index (Phi) is 7.29. The Bertz CT molecular complexity index is 2730. The number of rotatable bonds is 6. The van der Waals surface area contributed by atoms with Crippen molar-refractivity contribution in [2.75, 3.05) is 4.90 Å². The molecule has 2 aliphatic rings. The molecule has 254 valence electrons. The molecule has 0 unspecified atom stereocenters. The molecule has 1 aliphatic carbocycles. The maximum absolute atomic E-state index is 4.43. The van der Waals surface area contributed by atoms with Crippen LogP contribution >= 0.6 is 0 Å². The summed E-state index contributed by atoms with van der Waals surface area (Å²) in [7, 11) is 0. The predicted octanol–water partition coefficient (Wildman–Crippen LogP) is 13.4. The van der Waals surface area contributed by atoms with Crippen LogP contribution in [-0.4, -0.2) is 10.8 Å². The fourth-order valence-corrected chi connectivity index (χ4v) is 8.63. The van der Waals surface area contributed by atoms with Crippen molar-refractivity contribution in [3.05, 3.63) is 187 Å². The summed E-state index contributed by atoms with van der Waals surface area (Å²) in [6.07, 6.45) is 6.01. The fourth-order valence-electron chi connectivity index (χ4n) is 8.63. The van der Waals surface area contributed by atoms with Crippen LogP contribution in [0, 0.1) is 0 Å². The first-order chi connectivity index (χ1) is 26.0. The summed E-state index contributed by atoms with van der Waals surface area (Å²) in [6, 6.07) is 60.2. The van der Waals surface area contributed by atoms with Gasteiger partial charge in [0.15, 0.2) is 0 Å². The van der Waals surface area contributed by atoms with Crippen LogP contribution in [0.15, 0.2) is 175 Å². The minimum absolute atomic E-state index is 0.0857. The zero-order chi connectivity index (χ0) is 35.5. The van der Waals surface area contributed by atoms with Gasteiger partial charge in [0.25, 0.3) is 0 Å². The van der Waals surface area contributed by atoms with E-state index in [1.807, 2.05) is 12.4 Å². The van der Waals surface area contributed by atoms with E-state index in [2.05, 4.69) is 192 Å². The van der Waals surface area contributed by atoms with Gasteiger partial charge in [0.2, 0.25) is 0 Å². The number of allylic oxidation sites excluding steroid dienone is 1. The van der Waals surface area contributed by atoms with E-state index in [4.69, 9.17) is 0 Å². The molecular weight excluding hydrogens is 643 g/mol. The van der Waals surface area contributed by atoms with E-state index in [1.54, 1.807) is 0 Å². The Morgan fingerprint density at radius 2 is 1.17 bits per heavy atom. The number of aliphatic imine (C=N–C) groups is 1. The average molecular weight is 682 g/mol. The number of anilines is 3. The molecule has 1 aliphatic heterocycles. The maximum atomic E-state index is 4.43. The lowest BCUT2D eigenvalue weighted by atomic mass is 9.82. The molecule has 3 nitrogen and oxygen atoms in total. The lowest BCUT2D eigenvalue weighted by Crippen LogP contribution is -2.16. The molecule has 0 radical (unpaired) electrons. The third-order valence-electron chi connectivity index (χ3n) is 11.3. The van der Waals surface area contributed by atoms with Crippen molar-refractivity contribution in [3.8, 4) is 27.9 Å². The maximum Gasteiger partial charge on any atom is 0.0541 e. The Labute approximate surface area is 310 Å². The van der Waals surface area contributed by atoms with Crippen LogP contribution in [0.3, 0.4) is 0 Å². The standard InChI is InChI=1S/C50H39N3/c1-50(2)46-16-8-6-14-42(46)43-28-27-41(32-47(43)50)52(40-25-20-35(21-26-40)37-11-10-30-51-33-37)39-23-18-34(19-24-39)36-22-29-49-45(31-36)44-15-7-9-17-48(44)53(49)38-12-4-3-5-13-38/h3-9,12-33H,10-11H2,1-2H3. The van der Waals surface area contributed by atoms with Gasteiger partial charge in [0, 0.05) is 51.4 Å². The molecule has 7 aromatic carbocycles. The highest BCUT2D eigenvalue weighted by molar-refractivity contribution is 6.10. The van der Waals surface area contributed by atoms with Gasteiger partial charge in [-0.1, -0.05) is 111 Å².